The highest BCUT2D eigenvalue weighted by Gasteiger charge is 2.19. The Bertz CT molecular complexity index is 1280. The lowest BCUT2D eigenvalue weighted by molar-refractivity contribution is 0.104. The van der Waals surface area contributed by atoms with E-state index in [1.807, 2.05) is 48.9 Å². The molecule has 0 radical (unpaired) electrons. The minimum absolute atomic E-state index is 0.0693. The maximum absolute atomic E-state index is 13.2. The summed E-state index contributed by atoms with van der Waals surface area (Å²) in [6, 6.07) is 16.6. The zero-order valence-corrected chi connectivity index (χ0v) is 19.3. The summed E-state index contributed by atoms with van der Waals surface area (Å²) in [7, 11) is 5.12. The third-order valence-corrected chi connectivity index (χ3v) is 5.67. The van der Waals surface area contributed by atoms with Crippen LogP contribution < -0.4 is 14.8 Å². The average Bonchev–Trinajstić information content (AvgIpc) is 3.10. The van der Waals surface area contributed by atoms with Crippen LogP contribution in [0.5, 0.6) is 11.5 Å². The lowest BCUT2D eigenvalue weighted by Crippen LogP contribution is -2.06. The monoisotopic (exact) mass is 479 g/mol. The fraction of sp³-hybridized carbons (Fsp3) is 0.167. The fourth-order valence-corrected chi connectivity index (χ4v) is 4.16. The smallest absolute Gasteiger partial charge is 0.208 e. The molecular weight excluding hydrogens is 458 g/mol. The van der Waals surface area contributed by atoms with Crippen LogP contribution in [0.4, 0.5) is 11.6 Å². The summed E-state index contributed by atoms with van der Waals surface area (Å²) in [5, 5.41) is 3.38. The lowest BCUT2D eigenvalue weighted by Gasteiger charge is -2.14. The largest absolute Gasteiger partial charge is 0.497 e. The molecule has 0 fully saturated rings. The molecular formula is C24H22BrN3O3. The molecule has 0 aliphatic heterocycles. The zero-order chi connectivity index (χ0) is 22.1. The van der Waals surface area contributed by atoms with Crippen molar-refractivity contribution in [3.8, 4) is 11.5 Å². The number of rotatable bonds is 6. The molecule has 1 N–H and O–H groups in total. The zero-order valence-electron chi connectivity index (χ0n) is 17.7. The number of fused-ring (bicyclic) bond motifs is 1. The van der Waals surface area contributed by atoms with Crippen LogP contribution >= 0.6 is 15.9 Å². The number of methoxy groups -OCH3 is 2. The number of nitrogens with one attached hydrogen (secondary N) is 1. The second kappa shape index (κ2) is 8.43. The summed E-state index contributed by atoms with van der Waals surface area (Å²) in [6.45, 7) is 2.00. The van der Waals surface area contributed by atoms with Gasteiger partial charge < -0.3 is 19.4 Å². The molecule has 0 unspecified atom stereocenters. The van der Waals surface area contributed by atoms with Gasteiger partial charge in [0.2, 0.25) is 5.95 Å². The first-order valence-corrected chi connectivity index (χ1v) is 10.5. The number of ketones is 1. The summed E-state index contributed by atoms with van der Waals surface area (Å²) >= 11 is 3.50. The Labute approximate surface area is 188 Å². The van der Waals surface area contributed by atoms with Crippen LogP contribution in [-0.2, 0) is 7.05 Å². The van der Waals surface area contributed by atoms with E-state index in [1.165, 1.54) is 0 Å². The maximum Gasteiger partial charge on any atom is 0.208 e. The van der Waals surface area contributed by atoms with Gasteiger partial charge in [0.15, 0.2) is 5.78 Å². The minimum Gasteiger partial charge on any atom is -0.497 e. The number of halogens is 1. The van der Waals surface area contributed by atoms with E-state index in [9.17, 15) is 4.79 Å². The van der Waals surface area contributed by atoms with Gasteiger partial charge in [-0.15, -0.1) is 0 Å². The van der Waals surface area contributed by atoms with Crippen molar-refractivity contribution in [3.05, 3.63) is 75.8 Å². The van der Waals surface area contributed by atoms with Gasteiger partial charge in [-0.05, 0) is 61.0 Å². The van der Waals surface area contributed by atoms with Crippen LogP contribution in [0.25, 0.3) is 11.0 Å². The number of imidazole rings is 1. The molecule has 3 aromatic carbocycles. The number of carbonyl (C=O) groups is 1. The van der Waals surface area contributed by atoms with Crippen molar-refractivity contribution in [1.82, 2.24) is 9.55 Å². The van der Waals surface area contributed by atoms with Crippen LogP contribution in [-0.4, -0.2) is 29.6 Å². The number of ether oxygens (including phenoxy) is 2. The van der Waals surface area contributed by atoms with Gasteiger partial charge in [0.1, 0.15) is 11.5 Å². The van der Waals surface area contributed by atoms with E-state index in [0.29, 0.717) is 28.6 Å². The molecule has 0 amide bonds. The van der Waals surface area contributed by atoms with E-state index in [0.717, 1.165) is 26.8 Å². The first-order chi connectivity index (χ1) is 14.9. The van der Waals surface area contributed by atoms with Gasteiger partial charge in [-0.3, -0.25) is 4.79 Å². The van der Waals surface area contributed by atoms with Gasteiger partial charge in [0.25, 0.3) is 0 Å². The van der Waals surface area contributed by atoms with Gasteiger partial charge in [-0.25, -0.2) is 4.98 Å². The Balaban J connectivity index is 1.78. The first-order valence-electron chi connectivity index (χ1n) is 9.68. The molecule has 0 saturated carbocycles. The molecule has 0 saturated heterocycles. The van der Waals surface area contributed by atoms with Gasteiger partial charge in [0, 0.05) is 22.6 Å². The lowest BCUT2D eigenvalue weighted by atomic mass is 10.0. The Morgan fingerprint density at radius 2 is 1.81 bits per heavy atom. The predicted molar refractivity (Wildman–Crippen MR) is 126 cm³/mol. The molecule has 7 heteroatoms. The average molecular weight is 480 g/mol. The molecule has 0 aliphatic carbocycles. The van der Waals surface area contributed by atoms with Crippen molar-refractivity contribution in [2.24, 2.45) is 7.05 Å². The fourth-order valence-electron chi connectivity index (χ4n) is 3.61. The first kappa shape index (κ1) is 20.9. The summed E-state index contributed by atoms with van der Waals surface area (Å²) in [5.74, 6) is 1.96. The summed E-state index contributed by atoms with van der Waals surface area (Å²) < 4.78 is 13.6. The Hall–Kier alpha value is -3.32. The molecule has 0 bridgehead atoms. The molecule has 4 aromatic rings. The topological polar surface area (TPSA) is 65.4 Å². The number of nitrogens with zero attached hydrogens (tertiary/aromatic N) is 2. The second-order valence-corrected chi connectivity index (χ2v) is 8.07. The van der Waals surface area contributed by atoms with Crippen molar-refractivity contribution in [1.29, 1.82) is 0 Å². The Morgan fingerprint density at radius 3 is 2.48 bits per heavy atom. The third-order valence-electron chi connectivity index (χ3n) is 5.21. The predicted octanol–water partition coefficient (Wildman–Crippen LogP) is 5.64. The van der Waals surface area contributed by atoms with E-state index in [4.69, 9.17) is 14.5 Å². The van der Waals surface area contributed by atoms with Crippen LogP contribution in [0.15, 0.2) is 59.1 Å². The number of carbonyl (C=O) groups excluding carboxylic acids is 1. The van der Waals surface area contributed by atoms with Gasteiger partial charge in [-0.2, -0.15) is 0 Å². The summed E-state index contributed by atoms with van der Waals surface area (Å²) in [6.07, 6.45) is 0. The Morgan fingerprint density at radius 1 is 1.06 bits per heavy atom. The quantitative estimate of drug-likeness (QED) is 0.362. The van der Waals surface area contributed by atoms with Crippen molar-refractivity contribution in [2.45, 2.75) is 6.92 Å². The van der Waals surface area contributed by atoms with Gasteiger partial charge in [-0.1, -0.05) is 22.0 Å². The number of aromatic nitrogens is 2. The standard InChI is InChI=1S/C24H22BrN3O3/c1-14-12-16(25)13-20(31-4)21(14)27-24-26-19-7-5-6-18(22(19)28(24)2)23(29)15-8-10-17(30-3)11-9-15/h5-13H,1-4H3,(H,26,27). The molecule has 0 spiro atoms. The summed E-state index contributed by atoms with van der Waals surface area (Å²) in [4.78, 5) is 18.0. The third kappa shape index (κ3) is 3.88. The normalized spacial score (nSPS) is 10.9. The Kier molecular flexibility index (Phi) is 5.69. The molecule has 158 valence electrons. The summed E-state index contributed by atoms with van der Waals surface area (Å²) in [5.41, 5.74) is 4.51. The SMILES string of the molecule is COc1ccc(C(=O)c2cccc3nc(Nc4c(C)cc(Br)cc4OC)n(C)c23)cc1. The van der Waals surface area contributed by atoms with E-state index >= 15 is 0 Å². The van der Waals surface area contributed by atoms with Crippen LogP contribution in [0.1, 0.15) is 21.5 Å². The number of hydrogen-bond acceptors (Lipinski definition) is 5. The number of anilines is 2. The number of benzene rings is 3. The second-order valence-electron chi connectivity index (χ2n) is 7.15. The highest BCUT2D eigenvalue weighted by atomic mass is 79.9. The van der Waals surface area contributed by atoms with Gasteiger partial charge in [0.05, 0.1) is 30.9 Å². The maximum atomic E-state index is 13.2. The highest BCUT2D eigenvalue weighted by Crippen LogP contribution is 2.35. The van der Waals surface area contributed by atoms with E-state index in [2.05, 4.69) is 21.2 Å². The van der Waals surface area contributed by atoms with E-state index in [1.54, 1.807) is 38.5 Å². The van der Waals surface area contributed by atoms with Crippen molar-refractivity contribution in [3.63, 3.8) is 0 Å². The van der Waals surface area contributed by atoms with Crippen molar-refractivity contribution in [2.75, 3.05) is 19.5 Å². The van der Waals surface area contributed by atoms with Crippen LogP contribution in [0.3, 0.4) is 0 Å². The van der Waals surface area contributed by atoms with Gasteiger partial charge >= 0.3 is 0 Å². The number of para-hydroxylation sites is 1. The number of aryl methyl sites for hydroxylation is 2. The molecule has 6 nitrogen and oxygen atoms in total. The molecule has 0 atom stereocenters. The molecule has 1 heterocycles. The molecule has 1 aromatic heterocycles. The van der Waals surface area contributed by atoms with Crippen LogP contribution in [0, 0.1) is 6.92 Å². The number of hydrogen-bond donors (Lipinski definition) is 1. The minimum atomic E-state index is -0.0693. The molecule has 0 aliphatic rings. The molecule has 4 rings (SSSR count). The van der Waals surface area contributed by atoms with E-state index in [-0.39, 0.29) is 5.78 Å². The van der Waals surface area contributed by atoms with Crippen molar-refractivity contribution < 1.29 is 14.3 Å². The molecule has 31 heavy (non-hydrogen) atoms. The van der Waals surface area contributed by atoms with Crippen molar-refractivity contribution >= 4 is 44.4 Å². The van der Waals surface area contributed by atoms with E-state index < -0.39 is 0 Å². The van der Waals surface area contributed by atoms with Crippen LogP contribution in [0.2, 0.25) is 0 Å². The highest BCUT2D eigenvalue weighted by molar-refractivity contribution is 9.10.